The number of hydrogen-bond acceptors (Lipinski definition) is 7. The van der Waals surface area contributed by atoms with Crippen LogP contribution in [0, 0.1) is 12.7 Å². The summed E-state index contributed by atoms with van der Waals surface area (Å²) in [5.41, 5.74) is 2.77. The summed E-state index contributed by atoms with van der Waals surface area (Å²) in [6, 6.07) is 12.5. The lowest BCUT2D eigenvalue weighted by atomic mass is 10.1. The number of thioether (sulfide) groups is 1. The van der Waals surface area contributed by atoms with Crippen molar-refractivity contribution in [1.82, 2.24) is 20.1 Å². The molecule has 0 aliphatic carbocycles. The largest absolute Gasteiger partial charge is 0.378 e. The summed E-state index contributed by atoms with van der Waals surface area (Å²) in [5.74, 6) is -0.0109. The van der Waals surface area contributed by atoms with Gasteiger partial charge in [-0.3, -0.25) is 14.2 Å². The van der Waals surface area contributed by atoms with Gasteiger partial charge in [-0.2, -0.15) is 0 Å². The van der Waals surface area contributed by atoms with Crippen LogP contribution in [0.25, 0.3) is 5.69 Å². The first kappa shape index (κ1) is 24.9. The monoisotopic (exact) mass is 497 g/mol. The van der Waals surface area contributed by atoms with Gasteiger partial charge in [0.15, 0.2) is 10.9 Å². The SMILES string of the molecule is CC(=O)NCCc1ccc(C(=O)CSc2nnc(N3CCOCC3)n2-c2cccc(C)c2)cc1F. The maximum absolute atomic E-state index is 14.5. The van der Waals surface area contributed by atoms with E-state index in [9.17, 15) is 14.0 Å². The van der Waals surface area contributed by atoms with Gasteiger partial charge >= 0.3 is 0 Å². The smallest absolute Gasteiger partial charge is 0.232 e. The van der Waals surface area contributed by atoms with E-state index in [1.54, 1.807) is 12.1 Å². The summed E-state index contributed by atoms with van der Waals surface area (Å²) < 4.78 is 21.9. The van der Waals surface area contributed by atoms with Crippen molar-refractivity contribution in [1.29, 1.82) is 0 Å². The number of anilines is 1. The van der Waals surface area contributed by atoms with Crippen LogP contribution in [0.2, 0.25) is 0 Å². The maximum Gasteiger partial charge on any atom is 0.232 e. The third-order valence-corrected chi connectivity index (χ3v) is 6.57. The molecule has 0 unspecified atom stereocenters. The molecule has 4 rings (SSSR count). The van der Waals surface area contributed by atoms with E-state index in [1.807, 2.05) is 35.8 Å². The van der Waals surface area contributed by atoms with Crippen molar-refractivity contribution in [3.05, 3.63) is 65.0 Å². The highest BCUT2D eigenvalue weighted by Gasteiger charge is 2.23. The van der Waals surface area contributed by atoms with Gasteiger partial charge in [0.1, 0.15) is 5.82 Å². The quantitative estimate of drug-likeness (QED) is 0.359. The van der Waals surface area contributed by atoms with Crippen LogP contribution in [-0.2, 0) is 16.0 Å². The average Bonchev–Trinajstić information content (AvgIpc) is 3.28. The zero-order valence-electron chi connectivity index (χ0n) is 19.8. The van der Waals surface area contributed by atoms with E-state index >= 15 is 0 Å². The lowest BCUT2D eigenvalue weighted by Gasteiger charge is -2.28. The number of aromatic nitrogens is 3. The van der Waals surface area contributed by atoms with Gasteiger partial charge in [-0.1, -0.05) is 36.0 Å². The molecule has 2 aromatic carbocycles. The number of amides is 1. The fourth-order valence-corrected chi connectivity index (χ4v) is 4.67. The number of nitrogens with zero attached hydrogens (tertiary/aromatic N) is 4. The molecule has 0 spiro atoms. The van der Waals surface area contributed by atoms with Crippen molar-refractivity contribution in [2.75, 3.05) is 43.5 Å². The number of aryl methyl sites for hydroxylation is 1. The van der Waals surface area contributed by atoms with Gasteiger partial charge in [-0.25, -0.2) is 4.39 Å². The Labute approximate surface area is 207 Å². The molecule has 1 aromatic heterocycles. The number of ether oxygens (including phenoxy) is 1. The number of benzene rings is 2. The molecule has 1 saturated heterocycles. The van der Waals surface area contributed by atoms with E-state index in [0.29, 0.717) is 61.5 Å². The second-order valence-electron chi connectivity index (χ2n) is 8.31. The number of halogens is 1. The van der Waals surface area contributed by atoms with Gasteiger partial charge in [-0.15, -0.1) is 10.2 Å². The van der Waals surface area contributed by atoms with Gasteiger partial charge in [0.2, 0.25) is 11.9 Å². The van der Waals surface area contributed by atoms with Gasteiger partial charge in [-0.05, 0) is 42.7 Å². The Morgan fingerprint density at radius 1 is 1.14 bits per heavy atom. The van der Waals surface area contributed by atoms with Crippen molar-refractivity contribution in [2.24, 2.45) is 0 Å². The van der Waals surface area contributed by atoms with Crippen molar-refractivity contribution < 1.29 is 18.7 Å². The van der Waals surface area contributed by atoms with Crippen LogP contribution in [0.3, 0.4) is 0 Å². The van der Waals surface area contributed by atoms with Gasteiger partial charge in [0, 0.05) is 32.1 Å². The van der Waals surface area contributed by atoms with Crippen LogP contribution in [0.15, 0.2) is 47.6 Å². The summed E-state index contributed by atoms with van der Waals surface area (Å²) >= 11 is 1.27. The maximum atomic E-state index is 14.5. The fraction of sp³-hybridized carbons (Fsp3) is 0.360. The molecule has 10 heteroatoms. The topological polar surface area (TPSA) is 89.3 Å². The number of carbonyl (C=O) groups excluding carboxylic acids is 2. The van der Waals surface area contributed by atoms with E-state index in [1.165, 1.54) is 24.8 Å². The van der Waals surface area contributed by atoms with Crippen LogP contribution >= 0.6 is 11.8 Å². The zero-order chi connectivity index (χ0) is 24.8. The van der Waals surface area contributed by atoms with E-state index in [4.69, 9.17) is 4.74 Å². The second kappa shape index (κ2) is 11.5. The minimum absolute atomic E-state index is 0.0950. The van der Waals surface area contributed by atoms with E-state index in [0.717, 1.165) is 11.3 Å². The first-order chi connectivity index (χ1) is 16.9. The molecule has 1 aliphatic rings. The zero-order valence-corrected chi connectivity index (χ0v) is 20.6. The number of morpholine rings is 1. The van der Waals surface area contributed by atoms with Crippen molar-refractivity contribution >= 4 is 29.4 Å². The summed E-state index contributed by atoms with van der Waals surface area (Å²) in [4.78, 5) is 26.0. The van der Waals surface area contributed by atoms with E-state index in [2.05, 4.69) is 20.4 Å². The molecular formula is C25H28FN5O3S. The molecule has 0 saturated carbocycles. The van der Waals surface area contributed by atoms with Crippen LogP contribution in [0.4, 0.5) is 10.3 Å². The van der Waals surface area contributed by atoms with Crippen LogP contribution < -0.4 is 10.2 Å². The summed E-state index contributed by atoms with van der Waals surface area (Å²) in [6.45, 7) is 6.44. The number of rotatable bonds is 9. The number of Topliss-reactive ketones (excluding diaryl/α,β-unsaturated/α-hetero) is 1. The Bertz CT molecular complexity index is 1210. The standard InChI is InChI=1S/C25H28FN5O3S/c1-17-4-3-5-21(14-17)31-24(30-10-12-34-13-11-30)28-29-25(31)35-16-23(33)20-7-6-19(22(26)15-20)8-9-27-18(2)32/h3-7,14-15H,8-13,16H2,1-2H3,(H,27,32). The molecule has 8 nitrogen and oxygen atoms in total. The molecule has 0 atom stereocenters. The summed E-state index contributed by atoms with van der Waals surface area (Å²) in [5, 5.41) is 12.0. The van der Waals surface area contributed by atoms with Crippen molar-refractivity contribution in [3.8, 4) is 5.69 Å². The molecule has 0 radical (unpaired) electrons. The van der Waals surface area contributed by atoms with E-state index in [-0.39, 0.29) is 17.4 Å². The highest BCUT2D eigenvalue weighted by molar-refractivity contribution is 7.99. The lowest BCUT2D eigenvalue weighted by Crippen LogP contribution is -2.37. The van der Waals surface area contributed by atoms with Gasteiger partial charge < -0.3 is 15.0 Å². The molecule has 184 valence electrons. The highest BCUT2D eigenvalue weighted by Crippen LogP contribution is 2.28. The predicted octanol–water partition coefficient (Wildman–Crippen LogP) is 3.21. The van der Waals surface area contributed by atoms with Crippen LogP contribution in [0.1, 0.15) is 28.4 Å². The molecule has 35 heavy (non-hydrogen) atoms. The Hall–Kier alpha value is -3.24. The Kier molecular flexibility index (Phi) is 8.14. The third-order valence-electron chi connectivity index (χ3n) is 5.65. The summed E-state index contributed by atoms with van der Waals surface area (Å²) in [6.07, 6.45) is 0.360. The molecule has 3 aromatic rings. The number of carbonyl (C=O) groups is 2. The molecule has 1 fully saturated rings. The van der Waals surface area contributed by atoms with Gasteiger partial charge in [0.25, 0.3) is 0 Å². The summed E-state index contributed by atoms with van der Waals surface area (Å²) in [7, 11) is 0. The Balaban J connectivity index is 1.50. The van der Waals surface area contributed by atoms with Gasteiger partial charge in [0.05, 0.1) is 24.7 Å². The van der Waals surface area contributed by atoms with Crippen LogP contribution in [-0.4, -0.2) is 65.1 Å². The minimum Gasteiger partial charge on any atom is -0.378 e. The molecule has 1 aliphatic heterocycles. The number of nitrogens with one attached hydrogen (secondary N) is 1. The molecule has 1 N–H and O–H groups in total. The fourth-order valence-electron chi connectivity index (χ4n) is 3.83. The minimum atomic E-state index is -0.455. The molecule has 0 bridgehead atoms. The second-order valence-corrected chi connectivity index (χ2v) is 9.25. The third kappa shape index (κ3) is 6.26. The Morgan fingerprint density at radius 2 is 1.94 bits per heavy atom. The van der Waals surface area contributed by atoms with Crippen molar-refractivity contribution in [3.63, 3.8) is 0 Å². The normalized spacial score (nSPS) is 13.6. The highest BCUT2D eigenvalue weighted by atomic mass is 32.2. The Morgan fingerprint density at radius 3 is 2.66 bits per heavy atom. The first-order valence-corrected chi connectivity index (χ1v) is 12.4. The lowest BCUT2D eigenvalue weighted by molar-refractivity contribution is -0.118. The van der Waals surface area contributed by atoms with E-state index < -0.39 is 5.82 Å². The molecule has 2 heterocycles. The predicted molar refractivity (Wildman–Crippen MR) is 133 cm³/mol. The molecule has 1 amide bonds. The molecular weight excluding hydrogens is 469 g/mol. The van der Waals surface area contributed by atoms with Crippen molar-refractivity contribution in [2.45, 2.75) is 25.4 Å². The number of ketones is 1. The van der Waals surface area contributed by atoms with Crippen LogP contribution in [0.5, 0.6) is 0 Å². The average molecular weight is 498 g/mol. The number of hydrogen-bond donors (Lipinski definition) is 1. The first-order valence-electron chi connectivity index (χ1n) is 11.5.